The maximum Gasteiger partial charge on any atom is 0.0734 e. The molecule has 0 aliphatic heterocycles. The molecule has 0 aromatic heterocycles. The lowest BCUT2D eigenvalue weighted by Crippen LogP contribution is -1.98. The second-order valence-electron chi connectivity index (χ2n) is 4.90. The molecule has 0 bridgehead atoms. The molecule has 0 amide bonds. The quantitative estimate of drug-likeness (QED) is 0.592. The van der Waals surface area contributed by atoms with Crippen LogP contribution in [-0.4, -0.2) is 0 Å². The first-order valence-electron chi connectivity index (χ1n) is 7.34. The van der Waals surface area contributed by atoms with Crippen molar-refractivity contribution < 1.29 is 0 Å². The van der Waals surface area contributed by atoms with Crippen molar-refractivity contribution in [3.8, 4) is 0 Å². The fraction of sp³-hybridized carbons (Fsp3) is 0. The van der Waals surface area contributed by atoms with E-state index in [1.807, 2.05) is 66.7 Å². The lowest BCUT2D eigenvalue weighted by atomic mass is 10.2. The summed E-state index contributed by atoms with van der Waals surface area (Å²) in [5, 5.41) is 0. The lowest BCUT2D eigenvalue weighted by molar-refractivity contribution is 1.46. The summed E-state index contributed by atoms with van der Waals surface area (Å²) in [4.78, 5) is 2.37. The van der Waals surface area contributed by atoms with E-state index in [-0.39, 0.29) is 0 Å². The fourth-order valence-corrected chi connectivity index (χ4v) is 4.27. The van der Waals surface area contributed by atoms with Crippen LogP contribution in [0.4, 0.5) is 0 Å². The van der Waals surface area contributed by atoms with Gasteiger partial charge in [0.15, 0.2) is 0 Å². The average molecular weight is 335 g/mol. The summed E-state index contributed by atoms with van der Waals surface area (Å²) in [6.07, 6.45) is 0. The molecule has 0 spiro atoms. The molecule has 3 rings (SSSR count). The third-order valence-electron chi connectivity index (χ3n) is 3.21. The number of hydrogen-bond acceptors (Lipinski definition) is 3. The highest BCUT2D eigenvalue weighted by molar-refractivity contribution is 8.22. The fourth-order valence-electron chi connectivity index (χ4n) is 2.06. The van der Waals surface area contributed by atoms with E-state index in [1.54, 1.807) is 23.5 Å². The van der Waals surface area contributed by atoms with Crippen LogP contribution in [0.15, 0.2) is 105 Å². The molecular formula is C20H17NS2. The second kappa shape index (κ2) is 7.95. The number of thioether (sulfide) groups is 2. The molecule has 23 heavy (non-hydrogen) atoms. The highest BCUT2D eigenvalue weighted by Crippen LogP contribution is 2.42. The minimum absolute atomic E-state index is 0.813. The van der Waals surface area contributed by atoms with Gasteiger partial charge in [0.2, 0.25) is 0 Å². The SMILES string of the molecule is NC(=C(Sc1ccccc1)Sc1ccccc1)c1ccccc1. The van der Waals surface area contributed by atoms with Gasteiger partial charge in [-0.3, -0.25) is 0 Å². The maximum absolute atomic E-state index is 6.47. The van der Waals surface area contributed by atoms with Gasteiger partial charge < -0.3 is 5.73 Å². The topological polar surface area (TPSA) is 26.0 Å². The molecule has 0 saturated carbocycles. The van der Waals surface area contributed by atoms with E-state index in [4.69, 9.17) is 5.73 Å². The first-order chi connectivity index (χ1) is 11.3. The second-order valence-corrected chi connectivity index (χ2v) is 7.32. The smallest absolute Gasteiger partial charge is 0.0734 e. The zero-order valence-corrected chi connectivity index (χ0v) is 14.2. The molecule has 0 unspecified atom stereocenters. The van der Waals surface area contributed by atoms with Gasteiger partial charge in [0, 0.05) is 9.79 Å². The van der Waals surface area contributed by atoms with Gasteiger partial charge in [0.25, 0.3) is 0 Å². The van der Waals surface area contributed by atoms with E-state index in [0.717, 1.165) is 15.5 Å². The van der Waals surface area contributed by atoms with Crippen LogP contribution in [0.25, 0.3) is 5.70 Å². The summed E-state index contributed by atoms with van der Waals surface area (Å²) in [5.41, 5.74) is 8.34. The number of benzene rings is 3. The van der Waals surface area contributed by atoms with Gasteiger partial charge in [-0.15, -0.1) is 0 Å². The molecule has 3 heteroatoms. The highest BCUT2D eigenvalue weighted by Gasteiger charge is 2.10. The van der Waals surface area contributed by atoms with Crippen molar-refractivity contribution >= 4 is 29.2 Å². The van der Waals surface area contributed by atoms with E-state index in [9.17, 15) is 0 Å². The normalized spacial score (nSPS) is 10.3. The van der Waals surface area contributed by atoms with Crippen LogP contribution >= 0.6 is 23.5 Å². The molecule has 0 aliphatic rings. The molecule has 0 heterocycles. The first-order valence-corrected chi connectivity index (χ1v) is 8.97. The van der Waals surface area contributed by atoms with Gasteiger partial charge >= 0.3 is 0 Å². The molecule has 0 atom stereocenters. The molecule has 2 N–H and O–H groups in total. The predicted octanol–water partition coefficient (Wildman–Crippen LogP) is 5.86. The Labute approximate surface area is 145 Å². The largest absolute Gasteiger partial charge is 0.397 e. The van der Waals surface area contributed by atoms with Gasteiger partial charge in [0.1, 0.15) is 0 Å². The van der Waals surface area contributed by atoms with Gasteiger partial charge in [0.05, 0.1) is 9.93 Å². The summed E-state index contributed by atoms with van der Waals surface area (Å²) in [6, 6.07) is 30.8. The molecule has 0 radical (unpaired) electrons. The molecule has 0 aliphatic carbocycles. The van der Waals surface area contributed by atoms with Crippen molar-refractivity contribution in [1.29, 1.82) is 0 Å². The Bertz CT molecular complexity index is 725. The Morgan fingerprint density at radius 3 is 1.39 bits per heavy atom. The van der Waals surface area contributed by atoms with E-state index in [1.165, 1.54) is 9.79 Å². The molecule has 3 aromatic carbocycles. The van der Waals surface area contributed by atoms with Crippen LogP contribution in [0.2, 0.25) is 0 Å². The van der Waals surface area contributed by atoms with Crippen molar-refractivity contribution in [3.05, 3.63) is 101 Å². The third-order valence-corrected chi connectivity index (χ3v) is 5.54. The maximum atomic E-state index is 6.47. The highest BCUT2D eigenvalue weighted by atomic mass is 32.2. The monoisotopic (exact) mass is 335 g/mol. The summed E-state index contributed by atoms with van der Waals surface area (Å²) < 4.78 is 1.09. The summed E-state index contributed by atoms with van der Waals surface area (Å²) >= 11 is 3.41. The molecule has 0 fully saturated rings. The Morgan fingerprint density at radius 1 is 0.565 bits per heavy atom. The first kappa shape index (κ1) is 15.8. The van der Waals surface area contributed by atoms with Crippen LogP contribution in [0, 0.1) is 0 Å². The van der Waals surface area contributed by atoms with Crippen LogP contribution in [0.1, 0.15) is 5.56 Å². The Morgan fingerprint density at radius 2 is 0.957 bits per heavy atom. The molecule has 1 nitrogen and oxygen atoms in total. The van der Waals surface area contributed by atoms with E-state index >= 15 is 0 Å². The zero-order valence-electron chi connectivity index (χ0n) is 12.6. The van der Waals surface area contributed by atoms with Gasteiger partial charge in [-0.1, -0.05) is 90.3 Å². The van der Waals surface area contributed by atoms with Crippen molar-refractivity contribution in [2.24, 2.45) is 5.73 Å². The number of nitrogens with two attached hydrogens (primary N) is 1. The number of rotatable bonds is 5. The van der Waals surface area contributed by atoms with Gasteiger partial charge in [-0.05, 0) is 29.8 Å². The van der Waals surface area contributed by atoms with E-state index < -0.39 is 0 Å². The number of hydrogen-bond donors (Lipinski definition) is 1. The summed E-state index contributed by atoms with van der Waals surface area (Å²) in [7, 11) is 0. The van der Waals surface area contributed by atoms with Crippen molar-refractivity contribution in [3.63, 3.8) is 0 Å². The van der Waals surface area contributed by atoms with Crippen LogP contribution in [0.5, 0.6) is 0 Å². The minimum Gasteiger partial charge on any atom is -0.397 e. The van der Waals surface area contributed by atoms with Crippen molar-refractivity contribution in [2.75, 3.05) is 0 Å². The lowest BCUT2D eigenvalue weighted by Gasteiger charge is -2.12. The molecule has 0 saturated heterocycles. The minimum atomic E-state index is 0.813. The molecule has 3 aromatic rings. The average Bonchev–Trinajstić information content (AvgIpc) is 2.63. The summed E-state index contributed by atoms with van der Waals surface area (Å²) in [5.74, 6) is 0. The third kappa shape index (κ3) is 4.44. The molecule has 114 valence electrons. The van der Waals surface area contributed by atoms with Crippen LogP contribution in [-0.2, 0) is 0 Å². The van der Waals surface area contributed by atoms with Crippen LogP contribution in [0.3, 0.4) is 0 Å². The Kier molecular flexibility index (Phi) is 5.46. The van der Waals surface area contributed by atoms with Crippen LogP contribution < -0.4 is 5.73 Å². The van der Waals surface area contributed by atoms with E-state index in [0.29, 0.717) is 0 Å². The summed E-state index contributed by atoms with van der Waals surface area (Å²) in [6.45, 7) is 0. The van der Waals surface area contributed by atoms with E-state index in [2.05, 4.69) is 24.3 Å². The Balaban J connectivity index is 1.96. The zero-order chi connectivity index (χ0) is 15.9. The predicted molar refractivity (Wildman–Crippen MR) is 102 cm³/mol. The van der Waals surface area contributed by atoms with Gasteiger partial charge in [-0.25, -0.2) is 0 Å². The Hall–Kier alpha value is -2.10. The van der Waals surface area contributed by atoms with Crippen molar-refractivity contribution in [1.82, 2.24) is 0 Å². The van der Waals surface area contributed by atoms with Gasteiger partial charge in [-0.2, -0.15) is 0 Å². The van der Waals surface area contributed by atoms with Crippen molar-refractivity contribution in [2.45, 2.75) is 9.79 Å². The molecular weight excluding hydrogens is 318 g/mol. The standard InChI is InChI=1S/C20H17NS2/c21-19(16-10-4-1-5-11-16)20(22-17-12-6-2-7-13-17)23-18-14-8-3-9-15-18/h1-15H,21H2.